The molecule has 0 spiro atoms. The lowest BCUT2D eigenvalue weighted by molar-refractivity contribution is -0.128. The number of likely N-dealkylation sites (tertiary alicyclic amines) is 1. The number of sulfone groups is 1. The molecule has 0 N–H and O–H groups in total. The van der Waals surface area contributed by atoms with E-state index < -0.39 is 15.6 Å². The Morgan fingerprint density at radius 3 is 2.21 bits per heavy atom. The van der Waals surface area contributed by atoms with Crippen LogP contribution in [0.4, 0.5) is 0 Å². The lowest BCUT2D eigenvalue weighted by Crippen LogP contribution is -2.37. The first kappa shape index (κ1) is 17.0. The summed E-state index contributed by atoms with van der Waals surface area (Å²) in [6.45, 7) is 1.35. The van der Waals surface area contributed by atoms with Gasteiger partial charge in [0, 0.05) is 13.1 Å². The van der Waals surface area contributed by atoms with Crippen molar-refractivity contribution in [2.24, 2.45) is 0 Å². The topological polar surface area (TPSA) is 54.5 Å². The minimum absolute atomic E-state index is 0.224. The summed E-state index contributed by atoms with van der Waals surface area (Å²) in [6.07, 6.45) is 5.35. The van der Waals surface area contributed by atoms with Gasteiger partial charge in [-0.15, -0.1) is 0 Å². The maximum Gasteiger partial charge on any atom is 0.238 e. The number of carbonyl (C=O) groups is 1. The van der Waals surface area contributed by atoms with Crippen molar-refractivity contribution in [3.8, 4) is 0 Å². The van der Waals surface area contributed by atoms with E-state index in [0.717, 1.165) is 36.5 Å². The van der Waals surface area contributed by atoms with Crippen molar-refractivity contribution in [3.05, 3.63) is 42.5 Å². The van der Waals surface area contributed by atoms with E-state index in [1.807, 2.05) is 24.3 Å². The van der Waals surface area contributed by atoms with Crippen LogP contribution < -0.4 is 0 Å². The van der Waals surface area contributed by atoms with Gasteiger partial charge in [0.25, 0.3) is 0 Å². The lowest BCUT2D eigenvalue weighted by atomic mass is 10.1. The maximum atomic E-state index is 12.6. The molecule has 0 atom stereocenters. The summed E-state index contributed by atoms with van der Waals surface area (Å²) in [7, 11) is -3.61. The highest BCUT2D eigenvalue weighted by molar-refractivity contribution is 7.92. The molecular weight excluding hydrogens is 322 g/mol. The van der Waals surface area contributed by atoms with Gasteiger partial charge >= 0.3 is 0 Å². The van der Waals surface area contributed by atoms with Crippen molar-refractivity contribution in [2.45, 2.75) is 37.0 Å². The quantitative estimate of drug-likeness (QED) is 0.857. The first-order chi connectivity index (χ1) is 11.6. The predicted octanol–water partition coefficient (Wildman–Crippen LogP) is 3.41. The van der Waals surface area contributed by atoms with Crippen LogP contribution in [0, 0.1) is 0 Å². The van der Waals surface area contributed by atoms with Crippen molar-refractivity contribution < 1.29 is 13.2 Å². The van der Waals surface area contributed by atoms with Gasteiger partial charge in [0.2, 0.25) is 5.91 Å². The van der Waals surface area contributed by atoms with Crippen molar-refractivity contribution in [1.29, 1.82) is 0 Å². The summed E-state index contributed by atoms with van der Waals surface area (Å²) < 4.78 is 25.3. The zero-order chi connectivity index (χ0) is 17.0. The summed E-state index contributed by atoms with van der Waals surface area (Å²) in [5, 5.41) is 1.86. The number of benzene rings is 2. The van der Waals surface area contributed by atoms with E-state index >= 15 is 0 Å². The van der Waals surface area contributed by atoms with Gasteiger partial charge < -0.3 is 4.90 Å². The third kappa shape index (κ3) is 3.96. The summed E-state index contributed by atoms with van der Waals surface area (Å²) in [4.78, 5) is 14.4. The predicted molar refractivity (Wildman–Crippen MR) is 95.7 cm³/mol. The molecule has 1 aliphatic rings. The van der Waals surface area contributed by atoms with Crippen LogP contribution in [0.5, 0.6) is 0 Å². The van der Waals surface area contributed by atoms with Crippen molar-refractivity contribution in [3.63, 3.8) is 0 Å². The Balaban J connectivity index is 1.77. The molecule has 0 aromatic heterocycles. The third-order valence-electron chi connectivity index (χ3n) is 4.60. The molecular formula is C19H23NO3S. The summed E-state index contributed by atoms with van der Waals surface area (Å²) in [6, 6.07) is 12.7. The number of hydrogen-bond donors (Lipinski definition) is 0. The molecule has 4 nitrogen and oxygen atoms in total. The number of amides is 1. The van der Waals surface area contributed by atoms with E-state index in [0.29, 0.717) is 13.1 Å². The highest BCUT2D eigenvalue weighted by Gasteiger charge is 2.24. The molecule has 1 saturated heterocycles. The van der Waals surface area contributed by atoms with Gasteiger partial charge in [0.05, 0.1) is 4.90 Å². The molecule has 0 aliphatic carbocycles. The Hall–Kier alpha value is -1.88. The third-order valence-corrected chi connectivity index (χ3v) is 6.20. The highest BCUT2D eigenvalue weighted by atomic mass is 32.2. The molecule has 0 saturated carbocycles. The van der Waals surface area contributed by atoms with Crippen LogP contribution in [-0.2, 0) is 14.6 Å². The minimum Gasteiger partial charge on any atom is -0.342 e. The molecule has 0 unspecified atom stereocenters. The van der Waals surface area contributed by atoms with E-state index in [1.165, 1.54) is 6.42 Å². The van der Waals surface area contributed by atoms with Crippen molar-refractivity contribution in [2.75, 3.05) is 18.8 Å². The minimum atomic E-state index is -3.61. The van der Waals surface area contributed by atoms with Crippen LogP contribution in [0.15, 0.2) is 47.4 Å². The average molecular weight is 345 g/mol. The highest BCUT2D eigenvalue weighted by Crippen LogP contribution is 2.20. The zero-order valence-corrected chi connectivity index (χ0v) is 14.6. The molecule has 2 aromatic rings. The monoisotopic (exact) mass is 345 g/mol. The first-order valence-corrected chi connectivity index (χ1v) is 10.2. The van der Waals surface area contributed by atoms with Crippen molar-refractivity contribution in [1.82, 2.24) is 4.90 Å². The lowest BCUT2D eigenvalue weighted by Gasteiger charge is -2.24. The molecule has 1 aliphatic heterocycles. The number of fused-ring (bicyclic) bond motifs is 1. The van der Waals surface area contributed by atoms with Gasteiger partial charge in [-0.1, -0.05) is 49.6 Å². The summed E-state index contributed by atoms with van der Waals surface area (Å²) in [5.41, 5.74) is 0. The number of rotatable bonds is 3. The van der Waals surface area contributed by atoms with Gasteiger partial charge in [-0.25, -0.2) is 8.42 Å². The number of nitrogens with zero attached hydrogens (tertiary/aromatic N) is 1. The van der Waals surface area contributed by atoms with Gasteiger partial charge in [-0.2, -0.15) is 0 Å². The largest absolute Gasteiger partial charge is 0.342 e. The molecule has 0 bridgehead atoms. The fraction of sp³-hybridized carbons (Fsp3) is 0.421. The summed E-state index contributed by atoms with van der Waals surface area (Å²) >= 11 is 0. The number of hydrogen-bond acceptors (Lipinski definition) is 3. The molecule has 24 heavy (non-hydrogen) atoms. The van der Waals surface area contributed by atoms with E-state index in [9.17, 15) is 13.2 Å². The van der Waals surface area contributed by atoms with Crippen LogP contribution in [-0.4, -0.2) is 38.1 Å². The van der Waals surface area contributed by atoms with Crippen LogP contribution in [0.25, 0.3) is 10.8 Å². The molecule has 5 heteroatoms. The smallest absolute Gasteiger partial charge is 0.238 e. The van der Waals surface area contributed by atoms with Crippen LogP contribution in [0.3, 0.4) is 0 Å². The zero-order valence-electron chi connectivity index (χ0n) is 13.8. The Morgan fingerprint density at radius 2 is 1.50 bits per heavy atom. The van der Waals surface area contributed by atoms with E-state index in [2.05, 4.69) is 0 Å². The Bertz CT molecular complexity index is 821. The van der Waals surface area contributed by atoms with Gasteiger partial charge in [0.1, 0.15) is 5.75 Å². The molecule has 0 radical (unpaired) electrons. The fourth-order valence-corrected chi connectivity index (χ4v) is 4.45. The van der Waals surface area contributed by atoms with Crippen LogP contribution >= 0.6 is 0 Å². The van der Waals surface area contributed by atoms with Crippen LogP contribution in [0.2, 0.25) is 0 Å². The van der Waals surface area contributed by atoms with E-state index in [-0.39, 0.29) is 10.8 Å². The molecule has 1 heterocycles. The molecule has 3 rings (SSSR count). The van der Waals surface area contributed by atoms with Crippen LogP contribution in [0.1, 0.15) is 32.1 Å². The number of carbonyl (C=O) groups excluding carboxylic acids is 1. The second-order valence-corrected chi connectivity index (χ2v) is 8.41. The Labute approximate surface area is 143 Å². The molecule has 2 aromatic carbocycles. The molecule has 1 fully saturated rings. The maximum absolute atomic E-state index is 12.6. The first-order valence-electron chi connectivity index (χ1n) is 8.56. The average Bonchev–Trinajstić information content (AvgIpc) is 2.53. The summed E-state index contributed by atoms with van der Waals surface area (Å²) in [5.74, 6) is -0.712. The van der Waals surface area contributed by atoms with E-state index in [4.69, 9.17) is 0 Å². The van der Waals surface area contributed by atoms with E-state index in [1.54, 1.807) is 23.1 Å². The normalized spacial score (nSPS) is 16.6. The standard InChI is InChI=1S/C19H23NO3S/c21-19(20-12-6-2-1-3-7-13-20)15-24(22,23)18-11-10-16-8-4-5-9-17(16)14-18/h4-5,8-11,14H,1-3,6-7,12-13,15H2. The second kappa shape index (κ2) is 7.34. The molecule has 128 valence electrons. The van der Waals surface area contributed by atoms with Gasteiger partial charge in [-0.3, -0.25) is 4.79 Å². The molecule has 1 amide bonds. The van der Waals surface area contributed by atoms with Crippen molar-refractivity contribution >= 4 is 26.5 Å². The SMILES string of the molecule is O=C(CS(=O)(=O)c1ccc2ccccc2c1)N1CCCCCCC1. The Kier molecular flexibility index (Phi) is 5.19. The fourth-order valence-electron chi connectivity index (χ4n) is 3.19. The van der Waals surface area contributed by atoms with Gasteiger partial charge in [0.15, 0.2) is 9.84 Å². The Morgan fingerprint density at radius 1 is 0.875 bits per heavy atom. The second-order valence-electron chi connectivity index (χ2n) is 6.42. The van der Waals surface area contributed by atoms with Gasteiger partial charge in [-0.05, 0) is 35.7 Å².